The van der Waals surface area contributed by atoms with E-state index in [9.17, 15) is 14.0 Å². The average molecular weight is 262 g/mol. The predicted octanol–water partition coefficient (Wildman–Crippen LogP) is 1.56. The smallest absolute Gasteiger partial charge is 0.324 e. The van der Waals surface area contributed by atoms with E-state index in [2.05, 4.69) is 5.32 Å². The van der Waals surface area contributed by atoms with Crippen LogP contribution in [0, 0.1) is 23.1 Å². The molecule has 0 saturated heterocycles. The molecule has 19 heavy (non-hydrogen) atoms. The van der Waals surface area contributed by atoms with Gasteiger partial charge in [-0.05, 0) is 18.6 Å². The van der Waals surface area contributed by atoms with Gasteiger partial charge in [0.2, 0.25) is 5.91 Å². The summed E-state index contributed by atoms with van der Waals surface area (Å²) in [6.07, 6.45) is 0. The topological polar surface area (TPSA) is 79.2 Å². The number of nitrogens with one attached hydrogen (secondary N) is 1. The quantitative estimate of drug-likeness (QED) is 0.838. The van der Waals surface area contributed by atoms with Crippen molar-refractivity contribution in [1.82, 2.24) is 0 Å². The number of amides is 1. The number of carbonyl (C=O) groups excluding carboxylic acids is 2. The molecular weight excluding hydrogens is 251 g/mol. The van der Waals surface area contributed by atoms with Gasteiger partial charge in [-0.15, -0.1) is 0 Å². The number of anilines is 1. The minimum atomic E-state index is -1.28. The van der Waals surface area contributed by atoms with Crippen LogP contribution >= 0.6 is 0 Å². The van der Waals surface area contributed by atoms with Gasteiger partial charge in [0.25, 0.3) is 0 Å². The minimum Gasteiger partial charge on any atom is -0.465 e. The van der Waals surface area contributed by atoms with E-state index >= 15 is 0 Å². The van der Waals surface area contributed by atoms with Crippen molar-refractivity contribution in [3.05, 3.63) is 29.6 Å². The number of esters is 1. The molecular formula is C13H11FN2O3. The predicted molar refractivity (Wildman–Crippen MR) is 63.5 cm³/mol. The fraction of sp³-hybridized carbons (Fsp3) is 0.308. The van der Waals surface area contributed by atoms with Gasteiger partial charge < -0.3 is 10.1 Å². The standard InChI is InChI=1S/C13H11FN2O3/c1-2-19-13(18)8(6-15)10-7-4-3-5-9(14)11(7)16-12(10)17/h3-5,8,10H,2H2,1H3,(H,16,17). The van der Waals surface area contributed by atoms with E-state index in [0.29, 0.717) is 5.56 Å². The molecule has 1 N–H and O–H groups in total. The third kappa shape index (κ3) is 2.15. The number of hydrogen-bond acceptors (Lipinski definition) is 4. The van der Waals surface area contributed by atoms with Gasteiger partial charge in [0.1, 0.15) is 5.82 Å². The van der Waals surface area contributed by atoms with Gasteiger partial charge in [-0.1, -0.05) is 12.1 Å². The first-order valence-electron chi connectivity index (χ1n) is 5.75. The fourth-order valence-corrected chi connectivity index (χ4v) is 2.10. The Morgan fingerprint density at radius 3 is 3.00 bits per heavy atom. The molecule has 6 heteroatoms. The maximum absolute atomic E-state index is 13.5. The lowest BCUT2D eigenvalue weighted by Crippen LogP contribution is -2.27. The second kappa shape index (κ2) is 5.06. The van der Waals surface area contributed by atoms with Gasteiger partial charge in [-0.25, -0.2) is 4.39 Å². The lowest BCUT2D eigenvalue weighted by molar-refractivity contribution is -0.147. The van der Waals surface area contributed by atoms with Gasteiger partial charge in [-0.2, -0.15) is 5.26 Å². The molecule has 0 bridgehead atoms. The first-order valence-corrected chi connectivity index (χ1v) is 5.75. The molecule has 5 nitrogen and oxygen atoms in total. The van der Waals surface area contributed by atoms with Crippen molar-refractivity contribution in [3.8, 4) is 6.07 Å². The number of halogens is 1. The molecule has 0 aromatic heterocycles. The molecule has 0 radical (unpaired) electrons. The van der Waals surface area contributed by atoms with Crippen molar-refractivity contribution in [2.45, 2.75) is 12.8 Å². The summed E-state index contributed by atoms with van der Waals surface area (Å²) in [6.45, 7) is 1.72. The molecule has 2 unspecified atom stereocenters. The molecule has 0 saturated carbocycles. The Morgan fingerprint density at radius 1 is 1.63 bits per heavy atom. The molecule has 1 aliphatic heterocycles. The number of nitrogens with zero attached hydrogens (tertiary/aromatic N) is 1. The number of rotatable bonds is 3. The van der Waals surface area contributed by atoms with Crippen molar-refractivity contribution in [2.24, 2.45) is 5.92 Å². The summed E-state index contributed by atoms with van der Waals surface area (Å²) in [4.78, 5) is 23.5. The van der Waals surface area contributed by atoms with Crippen molar-refractivity contribution in [2.75, 3.05) is 11.9 Å². The highest BCUT2D eigenvalue weighted by atomic mass is 19.1. The Hall–Kier alpha value is -2.42. The third-order valence-electron chi connectivity index (χ3n) is 2.92. The molecule has 1 aliphatic rings. The summed E-state index contributed by atoms with van der Waals surface area (Å²) in [7, 11) is 0. The highest BCUT2D eigenvalue weighted by Crippen LogP contribution is 2.39. The normalized spacial score (nSPS) is 18.2. The second-order valence-corrected chi connectivity index (χ2v) is 4.03. The molecule has 0 fully saturated rings. The van der Waals surface area contributed by atoms with E-state index in [1.807, 2.05) is 0 Å². The highest BCUT2D eigenvalue weighted by molar-refractivity contribution is 6.05. The van der Waals surface area contributed by atoms with Crippen LogP contribution in [0.5, 0.6) is 0 Å². The van der Waals surface area contributed by atoms with Gasteiger partial charge >= 0.3 is 5.97 Å². The largest absolute Gasteiger partial charge is 0.465 e. The van der Waals surface area contributed by atoms with Crippen LogP contribution in [-0.4, -0.2) is 18.5 Å². The number of fused-ring (bicyclic) bond motifs is 1. The van der Waals surface area contributed by atoms with Crippen LogP contribution in [0.3, 0.4) is 0 Å². The molecule has 0 spiro atoms. The minimum absolute atomic E-state index is 0.0297. The SMILES string of the molecule is CCOC(=O)C(C#N)C1C(=O)Nc2c(F)cccc21. The van der Waals surface area contributed by atoms with Crippen LogP contribution in [0.2, 0.25) is 0 Å². The highest BCUT2D eigenvalue weighted by Gasteiger charge is 2.42. The Morgan fingerprint density at radius 2 is 2.37 bits per heavy atom. The summed E-state index contributed by atoms with van der Waals surface area (Å²) in [5.74, 6) is -4.24. The van der Waals surface area contributed by atoms with Crippen LogP contribution in [0.4, 0.5) is 10.1 Å². The van der Waals surface area contributed by atoms with Crippen molar-refractivity contribution in [3.63, 3.8) is 0 Å². The monoisotopic (exact) mass is 262 g/mol. The van der Waals surface area contributed by atoms with Crippen LogP contribution in [0.15, 0.2) is 18.2 Å². The van der Waals surface area contributed by atoms with Crippen molar-refractivity contribution >= 4 is 17.6 Å². The summed E-state index contributed by atoms with van der Waals surface area (Å²) in [6, 6.07) is 5.91. The molecule has 1 amide bonds. The maximum atomic E-state index is 13.5. The number of hydrogen-bond donors (Lipinski definition) is 1. The Kier molecular flexibility index (Phi) is 3.47. The van der Waals surface area contributed by atoms with E-state index < -0.39 is 29.5 Å². The fourth-order valence-electron chi connectivity index (χ4n) is 2.10. The lowest BCUT2D eigenvalue weighted by atomic mass is 9.88. The first-order chi connectivity index (χ1) is 9.10. The molecule has 1 aromatic carbocycles. The van der Waals surface area contributed by atoms with Crippen LogP contribution in [0.1, 0.15) is 18.4 Å². The molecule has 98 valence electrons. The van der Waals surface area contributed by atoms with E-state index in [1.165, 1.54) is 18.2 Å². The van der Waals surface area contributed by atoms with E-state index in [-0.39, 0.29) is 12.3 Å². The zero-order chi connectivity index (χ0) is 14.0. The number of para-hydroxylation sites is 1. The third-order valence-corrected chi connectivity index (χ3v) is 2.92. The maximum Gasteiger partial charge on any atom is 0.324 e. The van der Waals surface area contributed by atoms with E-state index in [0.717, 1.165) is 0 Å². The van der Waals surface area contributed by atoms with Crippen molar-refractivity contribution in [1.29, 1.82) is 5.26 Å². The number of benzene rings is 1. The summed E-state index contributed by atoms with van der Waals surface area (Å²) in [5, 5.41) is 11.4. The number of ether oxygens (including phenoxy) is 1. The molecule has 2 atom stereocenters. The van der Waals surface area contributed by atoms with Crippen LogP contribution < -0.4 is 5.32 Å². The van der Waals surface area contributed by atoms with Crippen LogP contribution in [0.25, 0.3) is 0 Å². The number of carbonyl (C=O) groups is 2. The molecule has 1 heterocycles. The second-order valence-electron chi connectivity index (χ2n) is 4.03. The summed E-state index contributed by atoms with van der Waals surface area (Å²) >= 11 is 0. The van der Waals surface area contributed by atoms with Gasteiger partial charge in [0.05, 0.1) is 24.3 Å². The van der Waals surface area contributed by atoms with E-state index in [4.69, 9.17) is 10.00 Å². The zero-order valence-corrected chi connectivity index (χ0v) is 10.1. The van der Waals surface area contributed by atoms with Gasteiger partial charge in [0.15, 0.2) is 5.92 Å². The molecule has 0 aliphatic carbocycles. The molecule has 1 aromatic rings. The van der Waals surface area contributed by atoms with Gasteiger partial charge in [0, 0.05) is 0 Å². The van der Waals surface area contributed by atoms with Gasteiger partial charge in [-0.3, -0.25) is 9.59 Å². The first kappa shape index (κ1) is 13.0. The van der Waals surface area contributed by atoms with Crippen molar-refractivity contribution < 1.29 is 18.7 Å². The van der Waals surface area contributed by atoms with E-state index in [1.54, 1.807) is 13.0 Å². The summed E-state index contributed by atoms with van der Waals surface area (Å²) in [5.41, 5.74) is 0.339. The summed E-state index contributed by atoms with van der Waals surface area (Å²) < 4.78 is 18.3. The Bertz CT molecular complexity index is 580. The lowest BCUT2D eigenvalue weighted by Gasteiger charge is -2.14. The Labute approximate surface area is 109 Å². The van der Waals surface area contributed by atoms with Crippen LogP contribution in [-0.2, 0) is 14.3 Å². The average Bonchev–Trinajstić information content (AvgIpc) is 2.70. The molecule has 2 rings (SSSR count). The number of nitriles is 1. The zero-order valence-electron chi connectivity index (χ0n) is 10.1. The Balaban J connectivity index is 2.41.